The SMILES string of the molecule is CCN1OCC(NC(=O)c2ccc(C3=NOC(c4cc(Cl)cc(Cl)c4)(C(F)(F)F)C3)cc2C)C1=O.O=[N+]([O-])/N=C1\NCCN1Cc1ccc(Cl)nc1. The van der Waals surface area contributed by atoms with Gasteiger partial charge in [0, 0.05) is 60.0 Å². The molecule has 0 spiro atoms. The number of nitro groups is 1. The van der Waals surface area contributed by atoms with E-state index in [9.17, 15) is 32.9 Å². The molecule has 2 fully saturated rings. The molecule has 2 atom stereocenters. The Morgan fingerprint density at radius 2 is 1.90 bits per heavy atom. The number of aryl methyl sites for hydroxylation is 1. The van der Waals surface area contributed by atoms with Crippen LogP contribution in [0.2, 0.25) is 15.2 Å². The summed E-state index contributed by atoms with van der Waals surface area (Å²) in [4.78, 5) is 51.2. The third-order valence-electron chi connectivity index (χ3n) is 8.16. The van der Waals surface area contributed by atoms with Crippen LogP contribution in [-0.2, 0) is 26.6 Å². The minimum absolute atomic E-state index is 0.0245. The van der Waals surface area contributed by atoms with E-state index in [1.807, 2.05) is 6.07 Å². The van der Waals surface area contributed by atoms with Gasteiger partial charge in [0.25, 0.3) is 23.4 Å². The molecule has 14 nitrogen and oxygen atoms in total. The van der Waals surface area contributed by atoms with Gasteiger partial charge in [0.1, 0.15) is 22.9 Å². The highest BCUT2D eigenvalue weighted by molar-refractivity contribution is 6.34. The Hall–Kier alpha value is -4.71. The van der Waals surface area contributed by atoms with Crippen molar-refractivity contribution in [2.45, 2.75) is 44.6 Å². The van der Waals surface area contributed by atoms with Gasteiger partial charge in [-0.25, -0.2) is 20.2 Å². The van der Waals surface area contributed by atoms with Gasteiger partial charge in [-0.2, -0.15) is 13.2 Å². The molecular formula is C32H30Cl3F3N8O6. The zero-order valence-corrected chi connectivity index (χ0v) is 29.7. The van der Waals surface area contributed by atoms with Crippen LogP contribution < -0.4 is 10.6 Å². The van der Waals surface area contributed by atoms with Crippen molar-refractivity contribution in [1.82, 2.24) is 25.6 Å². The number of pyridine rings is 1. The van der Waals surface area contributed by atoms with E-state index in [1.54, 1.807) is 37.1 Å². The Labute approximate surface area is 309 Å². The second-order valence-corrected chi connectivity index (χ2v) is 12.9. The van der Waals surface area contributed by atoms with Gasteiger partial charge < -0.3 is 20.4 Å². The third-order valence-corrected chi connectivity index (χ3v) is 8.82. The minimum atomic E-state index is -4.82. The number of rotatable bonds is 8. The normalized spacial score (nSPS) is 20.6. The molecule has 2 aromatic carbocycles. The van der Waals surface area contributed by atoms with E-state index >= 15 is 0 Å². The Morgan fingerprint density at radius 1 is 1.17 bits per heavy atom. The maximum atomic E-state index is 14.2. The quantitative estimate of drug-likeness (QED) is 0.171. The molecule has 2 saturated heterocycles. The average molecular weight is 786 g/mol. The van der Waals surface area contributed by atoms with Crippen molar-refractivity contribution < 1.29 is 37.5 Å². The fourth-order valence-electron chi connectivity index (χ4n) is 5.57. The largest absolute Gasteiger partial charge is 0.435 e. The molecule has 52 heavy (non-hydrogen) atoms. The van der Waals surface area contributed by atoms with Gasteiger partial charge in [-0.05, 0) is 66.9 Å². The predicted molar refractivity (Wildman–Crippen MR) is 184 cm³/mol. The fourth-order valence-corrected chi connectivity index (χ4v) is 6.21. The second kappa shape index (κ2) is 15.9. The highest BCUT2D eigenvalue weighted by Crippen LogP contribution is 2.49. The molecule has 3 aliphatic heterocycles. The van der Waals surface area contributed by atoms with Gasteiger partial charge in [-0.3, -0.25) is 14.4 Å². The first kappa shape index (κ1) is 38.5. The standard InChI is InChI=1S/C23H20Cl2F3N3O4.C9H10ClN5O2/c1-3-31-21(33)19(11-34-31)29-20(32)17-5-4-13(6-12(17)2)18-10-22(35-30-18,23(26,27)28)14-7-15(24)9-16(25)8-14;10-8-2-1-7(5-12-8)6-14-4-3-11-9(14)13-15(16)17/h4-9,19H,3,10-11H2,1-2H3,(H,29,32);1-2,5H,3-4,6H2,(H,11,13). The summed E-state index contributed by atoms with van der Waals surface area (Å²) < 4.78 is 42.6. The number of guanidine groups is 1. The molecule has 2 amide bonds. The number of hydrogen-bond acceptors (Lipinski definition) is 8. The number of aromatic nitrogens is 1. The zero-order chi connectivity index (χ0) is 37.8. The molecule has 0 aliphatic carbocycles. The number of oxime groups is 1. The lowest BCUT2D eigenvalue weighted by Crippen LogP contribution is -2.43. The first-order chi connectivity index (χ1) is 24.6. The first-order valence-corrected chi connectivity index (χ1v) is 16.7. The number of amides is 2. The molecule has 0 bridgehead atoms. The van der Waals surface area contributed by atoms with Gasteiger partial charge in [0.2, 0.25) is 0 Å². The topological polar surface area (TPSA) is 164 Å². The van der Waals surface area contributed by atoms with Gasteiger partial charge in [-0.1, -0.05) is 52.1 Å². The lowest BCUT2D eigenvalue weighted by Gasteiger charge is -2.29. The Kier molecular flexibility index (Phi) is 11.8. The summed E-state index contributed by atoms with van der Waals surface area (Å²) in [5.74, 6) is -0.570. The number of hydrazone groups is 1. The number of hydroxylamine groups is 2. The Balaban J connectivity index is 0.000000257. The summed E-state index contributed by atoms with van der Waals surface area (Å²) in [5, 5.41) is 23.8. The van der Waals surface area contributed by atoms with Crippen LogP contribution in [0.3, 0.4) is 0 Å². The highest BCUT2D eigenvalue weighted by atomic mass is 35.5. The van der Waals surface area contributed by atoms with Crippen LogP contribution in [0.1, 0.15) is 46.0 Å². The summed E-state index contributed by atoms with van der Waals surface area (Å²) in [5.41, 5.74) is -0.944. The van der Waals surface area contributed by atoms with Crippen molar-refractivity contribution in [3.63, 3.8) is 0 Å². The van der Waals surface area contributed by atoms with Gasteiger partial charge in [0.05, 0.1) is 5.71 Å². The zero-order valence-electron chi connectivity index (χ0n) is 27.4. The first-order valence-electron chi connectivity index (χ1n) is 15.6. The van der Waals surface area contributed by atoms with Crippen molar-refractivity contribution in [3.8, 4) is 0 Å². The average Bonchev–Trinajstić information content (AvgIpc) is 3.81. The number of alkyl halides is 3. The van der Waals surface area contributed by atoms with E-state index in [0.717, 1.165) is 17.7 Å². The molecular weight excluding hydrogens is 756 g/mol. The Bertz CT molecular complexity index is 1900. The number of likely N-dealkylation sites (N-methyl/N-ethyl adjacent to an activating group) is 1. The number of hydrogen-bond donors (Lipinski definition) is 2. The lowest BCUT2D eigenvalue weighted by atomic mass is 9.86. The molecule has 1 aromatic heterocycles. The summed E-state index contributed by atoms with van der Waals surface area (Å²) in [6.45, 7) is 5.59. The van der Waals surface area contributed by atoms with Crippen molar-refractivity contribution in [1.29, 1.82) is 0 Å². The van der Waals surface area contributed by atoms with Gasteiger partial charge >= 0.3 is 6.18 Å². The summed E-state index contributed by atoms with van der Waals surface area (Å²) >= 11 is 17.5. The van der Waals surface area contributed by atoms with Crippen molar-refractivity contribution >= 4 is 58.3 Å². The molecule has 3 aromatic rings. The predicted octanol–water partition coefficient (Wildman–Crippen LogP) is 5.46. The van der Waals surface area contributed by atoms with Crippen LogP contribution in [0.5, 0.6) is 0 Å². The van der Waals surface area contributed by atoms with E-state index in [-0.39, 0.29) is 45.4 Å². The number of nitrogens with zero attached hydrogens (tertiary/aromatic N) is 6. The van der Waals surface area contributed by atoms with Gasteiger partial charge in [0.15, 0.2) is 5.03 Å². The number of carbonyl (C=O) groups is 2. The van der Waals surface area contributed by atoms with Crippen LogP contribution in [0.25, 0.3) is 0 Å². The van der Waals surface area contributed by atoms with E-state index in [4.69, 9.17) is 44.5 Å². The highest BCUT2D eigenvalue weighted by Gasteiger charge is 2.62. The second-order valence-electron chi connectivity index (χ2n) is 11.7. The molecule has 2 unspecified atom stereocenters. The van der Waals surface area contributed by atoms with E-state index in [2.05, 4.69) is 25.9 Å². The molecule has 4 heterocycles. The van der Waals surface area contributed by atoms with Crippen LogP contribution >= 0.6 is 34.8 Å². The van der Waals surface area contributed by atoms with E-state index < -0.39 is 35.2 Å². The summed E-state index contributed by atoms with van der Waals surface area (Å²) in [7, 11) is 0. The fraction of sp³-hybridized carbons (Fsp3) is 0.344. The van der Waals surface area contributed by atoms with Crippen molar-refractivity contribution in [2.75, 3.05) is 26.2 Å². The van der Waals surface area contributed by atoms with Crippen molar-refractivity contribution in [2.24, 2.45) is 10.3 Å². The molecule has 3 aliphatic rings. The smallest absolute Gasteiger partial charge is 0.374 e. The van der Waals surface area contributed by atoms with Crippen LogP contribution in [-0.4, -0.2) is 81.9 Å². The van der Waals surface area contributed by atoms with E-state index in [1.165, 1.54) is 23.3 Å². The number of benzene rings is 2. The Morgan fingerprint density at radius 3 is 2.50 bits per heavy atom. The molecule has 20 heteroatoms. The monoisotopic (exact) mass is 784 g/mol. The molecule has 2 N–H and O–H groups in total. The maximum absolute atomic E-state index is 14.2. The maximum Gasteiger partial charge on any atom is 0.435 e. The van der Waals surface area contributed by atoms with Crippen molar-refractivity contribution in [3.05, 3.63) is 108 Å². The van der Waals surface area contributed by atoms with Crippen LogP contribution in [0.15, 0.2) is 65.0 Å². The molecule has 276 valence electrons. The van der Waals surface area contributed by atoms with Crippen LogP contribution in [0.4, 0.5) is 13.2 Å². The molecule has 0 saturated carbocycles. The van der Waals surface area contributed by atoms with Gasteiger partial charge in [-0.15, -0.1) is 0 Å². The number of halogens is 6. The number of carbonyl (C=O) groups excluding carboxylic acids is 2. The molecule has 6 rings (SSSR count). The lowest BCUT2D eigenvalue weighted by molar-refractivity contribution is -0.485. The summed E-state index contributed by atoms with van der Waals surface area (Å²) in [6.07, 6.45) is -3.78. The van der Waals surface area contributed by atoms with Crippen LogP contribution in [0, 0.1) is 17.0 Å². The molecule has 0 radical (unpaired) electrons. The van der Waals surface area contributed by atoms with E-state index in [0.29, 0.717) is 42.5 Å². The third kappa shape index (κ3) is 8.66. The number of nitrogens with one attached hydrogen (secondary N) is 2. The summed E-state index contributed by atoms with van der Waals surface area (Å²) in [6, 6.07) is 10.8. The minimum Gasteiger partial charge on any atom is -0.374 e.